The van der Waals surface area contributed by atoms with Crippen molar-refractivity contribution in [1.82, 2.24) is 0 Å². The summed E-state index contributed by atoms with van der Waals surface area (Å²) in [6, 6.07) is 0. The van der Waals surface area contributed by atoms with Crippen molar-refractivity contribution in [2.75, 3.05) is 13.2 Å². The zero-order valence-corrected chi connectivity index (χ0v) is 8.17. The first kappa shape index (κ1) is 9.72. The van der Waals surface area contributed by atoms with Crippen LogP contribution in [0.15, 0.2) is 0 Å². The Morgan fingerprint density at radius 3 is 2.58 bits per heavy atom. The second-order valence-corrected chi connectivity index (χ2v) is 4.10. The van der Waals surface area contributed by atoms with Crippen LogP contribution in [-0.2, 0) is 9.53 Å². The number of carbonyl (C=O) groups excluding carboxylic acids is 1. The van der Waals surface area contributed by atoms with E-state index in [9.17, 15) is 4.79 Å². The first-order chi connectivity index (χ1) is 5.64. The molecule has 12 heavy (non-hydrogen) atoms. The highest BCUT2D eigenvalue weighted by Gasteiger charge is 2.56. The lowest BCUT2D eigenvalue weighted by Gasteiger charge is -2.01. The molecule has 1 saturated carbocycles. The Kier molecular flexibility index (Phi) is 2.89. The van der Waals surface area contributed by atoms with E-state index in [0.717, 1.165) is 19.5 Å². The molecule has 70 valence electrons. The second-order valence-electron chi connectivity index (χ2n) is 4.10. The van der Waals surface area contributed by atoms with Crippen molar-refractivity contribution in [2.24, 2.45) is 17.3 Å². The molecule has 0 aliphatic heterocycles. The molecule has 0 radical (unpaired) electrons. The van der Waals surface area contributed by atoms with Gasteiger partial charge in [-0.25, -0.2) is 0 Å². The number of hydrogen-bond donors (Lipinski definition) is 0. The van der Waals surface area contributed by atoms with Crippen LogP contribution in [0.5, 0.6) is 0 Å². The third-order valence-electron chi connectivity index (χ3n) is 3.14. The summed E-state index contributed by atoms with van der Waals surface area (Å²) in [5.74, 6) is 1.16. The molecule has 0 N–H and O–H groups in total. The van der Waals surface area contributed by atoms with Crippen molar-refractivity contribution in [3.8, 4) is 0 Å². The molecule has 0 heterocycles. The lowest BCUT2D eigenvalue weighted by molar-refractivity contribution is -0.108. The van der Waals surface area contributed by atoms with Crippen LogP contribution in [0, 0.1) is 17.3 Å². The SMILES string of the molecule is CCOCC1[C@@H](CC=O)C1(C)C. The van der Waals surface area contributed by atoms with Gasteiger partial charge < -0.3 is 9.53 Å². The van der Waals surface area contributed by atoms with Crippen LogP contribution in [0.1, 0.15) is 27.2 Å². The molecule has 0 bridgehead atoms. The van der Waals surface area contributed by atoms with Crippen molar-refractivity contribution >= 4 is 6.29 Å². The molecular formula is C10H18O2. The maximum Gasteiger partial charge on any atom is 0.120 e. The zero-order valence-electron chi connectivity index (χ0n) is 8.17. The van der Waals surface area contributed by atoms with Gasteiger partial charge in [0.05, 0.1) is 6.61 Å². The van der Waals surface area contributed by atoms with Gasteiger partial charge in [-0.05, 0) is 24.2 Å². The molecule has 1 aliphatic rings. The van der Waals surface area contributed by atoms with E-state index in [2.05, 4.69) is 13.8 Å². The second kappa shape index (κ2) is 3.56. The zero-order chi connectivity index (χ0) is 9.19. The van der Waals surface area contributed by atoms with E-state index in [1.807, 2.05) is 6.92 Å². The van der Waals surface area contributed by atoms with Gasteiger partial charge in [0.15, 0.2) is 0 Å². The van der Waals surface area contributed by atoms with Crippen LogP contribution in [0.2, 0.25) is 0 Å². The molecule has 2 atom stereocenters. The van der Waals surface area contributed by atoms with E-state index >= 15 is 0 Å². The van der Waals surface area contributed by atoms with Gasteiger partial charge in [-0.15, -0.1) is 0 Å². The summed E-state index contributed by atoms with van der Waals surface area (Å²) in [4.78, 5) is 10.3. The first-order valence-electron chi connectivity index (χ1n) is 4.66. The summed E-state index contributed by atoms with van der Waals surface area (Å²) in [5.41, 5.74) is 0.329. The van der Waals surface area contributed by atoms with Crippen LogP contribution in [-0.4, -0.2) is 19.5 Å². The minimum absolute atomic E-state index is 0.329. The predicted octanol–water partition coefficient (Wildman–Crippen LogP) is 1.88. The van der Waals surface area contributed by atoms with E-state index in [1.165, 1.54) is 0 Å². The summed E-state index contributed by atoms with van der Waals surface area (Å²) in [5, 5.41) is 0. The van der Waals surface area contributed by atoms with Crippen LogP contribution in [0.25, 0.3) is 0 Å². The maximum absolute atomic E-state index is 10.3. The fraction of sp³-hybridized carbons (Fsp3) is 0.900. The number of hydrogen-bond acceptors (Lipinski definition) is 2. The normalized spacial score (nSPS) is 31.6. The molecule has 1 aliphatic carbocycles. The highest BCUT2D eigenvalue weighted by molar-refractivity contribution is 5.51. The van der Waals surface area contributed by atoms with E-state index in [1.54, 1.807) is 0 Å². The van der Waals surface area contributed by atoms with E-state index in [0.29, 0.717) is 23.7 Å². The number of aldehydes is 1. The van der Waals surface area contributed by atoms with Crippen molar-refractivity contribution in [1.29, 1.82) is 0 Å². The fourth-order valence-electron chi connectivity index (χ4n) is 2.00. The van der Waals surface area contributed by atoms with E-state index in [4.69, 9.17) is 4.74 Å². The van der Waals surface area contributed by atoms with Gasteiger partial charge in [0.1, 0.15) is 6.29 Å². The molecule has 1 fully saturated rings. The van der Waals surface area contributed by atoms with Crippen molar-refractivity contribution in [2.45, 2.75) is 27.2 Å². The van der Waals surface area contributed by atoms with Gasteiger partial charge in [-0.2, -0.15) is 0 Å². The summed E-state index contributed by atoms with van der Waals surface area (Å²) in [6.45, 7) is 8.03. The van der Waals surface area contributed by atoms with Crippen LogP contribution < -0.4 is 0 Å². The Labute approximate surface area is 74.3 Å². The average Bonchev–Trinajstić information content (AvgIpc) is 2.51. The molecule has 2 heteroatoms. The van der Waals surface area contributed by atoms with Crippen LogP contribution in [0.4, 0.5) is 0 Å². The van der Waals surface area contributed by atoms with Crippen LogP contribution in [0.3, 0.4) is 0 Å². The quantitative estimate of drug-likeness (QED) is 0.589. The standard InChI is InChI=1S/C10H18O2/c1-4-12-7-9-8(5-6-11)10(9,2)3/h6,8-9H,4-5,7H2,1-3H3/t8-,9?/m1/s1. The van der Waals surface area contributed by atoms with E-state index in [-0.39, 0.29) is 0 Å². The number of rotatable bonds is 5. The van der Waals surface area contributed by atoms with Gasteiger partial charge in [-0.3, -0.25) is 0 Å². The fourth-order valence-corrected chi connectivity index (χ4v) is 2.00. The highest BCUT2D eigenvalue weighted by atomic mass is 16.5. The largest absolute Gasteiger partial charge is 0.381 e. The Hall–Kier alpha value is -0.370. The van der Waals surface area contributed by atoms with Crippen molar-refractivity contribution in [3.63, 3.8) is 0 Å². The Balaban J connectivity index is 2.32. The van der Waals surface area contributed by atoms with Gasteiger partial charge in [0, 0.05) is 13.0 Å². The monoisotopic (exact) mass is 170 g/mol. The van der Waals surface area contributed by atoms with Gasteiger partial charge in [-0.1, -0.05) is 13.8 Å². The smallest absolute Gasteiger partial charge is 0.120 e. The lowest BCUT2D eigenvalue weighted by atomic mass is 10.1. The minimum atomic E-state index is 0.329. The maximum atomic E-state index is 10.3. The average molecular weight is 170 g/mol. The summed E-state index contributed by atoms with van der Waals surface area (Å²) < 4.78 is 5.35. The van der Waals surface area contributed by atoms with Gasteiger partial charge in [0.2, 0.25) is 0 Å². The number of carbonyl (C=O) groups is 1. The van der Waals surface area contributed by atoms with Crippen LogP contribution >= 0.6 is 0 Å². The summed E-state index contributed by atoms with van der Waals surface area (Å²) in [6.07, 6.45) is 1.73. The van der Waals surface area contributed by atoms with Gasteiger partial charge >= 0.3 is 0 Å². The minimum Gasteiger partial charge on any atom is -0.381 e. The van der Waals surface area contributed by atoms with Crippen molar-refractivity contribution in [3.05, 3.63) is 0 Å². The molecule has 1 rings (SSSR count). The topological polar surface area (TPSA) is 26.3 Å². The third kappa shape index (κ3) is 1.69. The highest BCUT2D eigenvalue weighted by Crippen LogP contribution is 2.59. The molecule has 0 amide bonds. The molecule has 0 aromatic carbocycles. The lowest BCUT2D eigenvalue weighted by Crippen LogP contribution is -2.00. The molecular weight excluding hydrogens is 152 g/mol. The number of ether oxygens (including phenoxy) is 1. The molecule has 2 nitrogen and oxygen atoms in total. The first-order valence-corrected chi connectivity index (χ1v) is 4.66. The predicted molar refractivity (Wildman–Crippen MR) is 47.9 cm³/mol. The Morgan fingerprint density at radius 1 is 1.42 bits per heavy atom. The van der Waals surface area contributed by atoms with Gasteiger partial charge in [0.25, 0.3) is 0 Å². The van der Waals surface area contributed by atoms with E-state index < -0.39 is 0 Å². The Morgan fingerprint density at radius 2 is 2.08 bits per heavy atom. The summed E-state index contributed by atoms with van der Waals surface area (Å²) in [7, 11) is 0. The molecule has 1 unspecified atom stereocenters. The summed E-state index contributed by atoms with van der Waals surface area (Å²) >= 11 is 0. The molecule has 0 aromatic heterocycles. The Bertz CT molecular complexity index is 163. The molecule has 0 aromatic rings. The third-order valence-corrected chi connectivity index (χ3v) is 3.14. The van der Waals surface area contributed by atoms with Crippen molar-refractivity contribution < 1.29 is 9.53 Å². The molecule has 0 saturated heterocycles. The molecule has 0 spiro atoms.